The lowest BCUT2D eigenvalue weighted by atomic mass is 9.58. The van der Waals surface area contributed by atoms with Crippen LogP contribution in [0.25, 0.3) is 0 Å². The van der Waals surface area contributed by atoms with Gasteiger partial charge in [-0.2, -0.15) is 0 Å². The van der Waals surface area contributed by atoms with Gasteiger partial charge in [-0.25, -0.2) is 0 Å². The van der Waals surface area contributed by atoms with E-state index < -0.39 is 0 Å². The Morgan fingerprint density at radius 1 is 1.10 bits per heavy atom. The van der Waals surface area contributed by atoms with Gasteiger partial charge in [-0.15, -0.1) is 0 Å². The second-order valence-corrected chi connectivity index (χ2v) is 8.12. The molecule has 0 aromatic heterocycles. The van der Waals surface area contributed by atoms with Crippen LogP contribution in [-0.2, 0) is 4.74 Å². The Balaban J connectivity index is 2.04. The highest BCUT2D eigenvalue weighted by Crippen LogP contribution is 2.60. The van der Waals surface area contributed by atoms with Crippen molar-refractivity contribution in [2.45, 2.75) is 64.6 Å². The summed E-state index contributed by atoms with van der Waals surface area (Å²) in [5, 5.41) is 3.61. The van der Waals surface area contributed by atoms with Crippen LogP contribution in [0.1, 0.15) is 57.6 Å². The summed E-state index contributed by atoms with van der Waals surface area (Å²) >= 11 is 0. The third kappa shape index (κ3) is 2.43. The topological polar surface area (TPSA) is 21.3 Å². The number of aryl methyl sites for hydroxylation is 1. The van der Waals surface area contributed by atoms with E-state index in [0.29, 0.717) is 5.92 Å². The van der Waals surface area contributed by atoms with E-state index in [2.05, 4.69) is 64.2 Å². The fourth-order valence-electron chi connectivity index (χ4n) is 4.90. The van der Waals surface area contributed by atoms with Crippen molar-refractivity contribution in [3.8, 4) is 0 Å². The molecule has 116 valence electrons. The largest absolute Gasteiger partial charge is 0.369 e. The highest BCUT2D eigenvalue weighted by molar-refractivity contribution is 5.30. The lowest BCUT2D eigenvalue weighted by molar-refractivity contribution is -0.104. The SMILES string of the molecule is Cc1ccc(C2CNCCC23CC(C)(C)OC3(C)C)cc1. The number of benzene rings is 1. The van der Waals surface area contributed by atoms with E-state index >= 15 is 0 Å². The molecule has 2 fully saturated rings. The second kappa shape index (κ2) is 4.82. The molecular weight excluding hydrogens is 258 g/mol. The van der Waals surface area contributed by atoms with Crippen LogP contribution in [0.3, 0.4) is 0 Å². The minimum atomic E-state index is -0.0752. The number of ether oxygens (including phenoxy) is 1. The molecule has 0 bridgehead atoms. The summed E-state index contributed by atoms with van der Waals surface area (Å²) in [6.45, 7) is 13.4. The Hall–Kier alpha value is -0.860. The van der Waals surface area contributed by atoms with Crippen molar-refractivity contribution >= 4 is 0 Å². The van der Waals surface area contributed by atoms with Crippen molar-refractivity contribution in [3.05, 3.63) is 35.4 Å². The molecule has 0 radical (unpaired) electrons. The standard InChI is InChI=1S/C19H29NO/c1-14-6-8-15(9-7-14)16-12-20-11-10-19(16)13-17(2,3)21-18(19,4)5/h6-9,16,20H,10-13H2,1-5H3. The molecule has 2 atom stereocenters. The number of nitrogens with one attached hydrogen (secondary N) is 1. The quantitative estimate of drug-likeness (QED) is 0.842. The first-order valence-corrected chi connectivity index (χ1v) is 8.23. The first-order chi connectivity index (χ1) is 9.76. The van der Waals surface area contributed by atoms with Crippen LogP contribution in [-0.4, -0.2) is 24.3 Å². The predicted octanol–water partition coefficient (Wildman–Crippen LogP) is 4.04. The van der Waals surface area contributed by atoms with Crippen molar-refractivity contribution in [1.29, 1.82) is 0 Å². The van der Waals surface area contributed by atoms with Crippen LogP contribution in [0.15, 0.2) is 24.3 Å². The molecule has 2 aliphatic heterocycles. The van der Waals surface area contributed by atoms with Gasteiger partial charge >= 0.3 is 0 Å². The fourth-order valence-corrected chi connectivity index (χ4v) is 4.90. The normalized spacial score (nSPS) is 34.2. The van der Waals surface area contributed by atoms with Gasteiger partial charge in [-0.1, -0.05) is 29.8 Å². The highest BCUT2D eigenvalue weighted by atomic mass is 16.5. The minimum Gasteiger partial charge on any atom is -0.369 e. The molecule has 2 saturated heterocycles. The second-order valence-electron chi connectivity index (χ2n) is 8.12. The monoisotopic (exact) mass is 287 g/mol. The summed E-state index contributed by atoms with van der Waals surface area (Å²) in [5.41, 5.74) is 2.93. The smallest absolute Gasteiger partial charge is 0.0697 e. The van der Waals surface area contributed by atoms with Crippen molar-refractivity contribution in [2.24, 2.45) is 5.41 Å². The Bertz CT molecular complexity index is 517. The van der Waals surface area contributed by atoms with E-state index in [4.69, 9.17) is 4.74 Å². The number of rotatable bonds is 1. The molecule has 1 N–H and O–H groups in total. The molecule has 2 nitrogen and oxygen atoms in total. The van der Waals surface area contributed by atoms with Crippen LogP contribution in [0.5, 0.6) is 0 Å². The third-order valence-corrected chi connectivity index (χ3v) is 5.71. The first kappa shape index (κ1) is 15.1. The average molecular weight is 287 g/mol. The molecule has 3 rings (SSSR count). The molecule has 2 heterocycles. The maximum absolute atomic E-state index is 6.48. The van der Waals surface area contributed by atoms with Gasteiger partial charge in [0.15, 0.2) is 0 Å². The molecule has 0 aliphatic carbocycles. The Morgan fingerprint density at radius 2 is 1.76 bits per heavy atom. The van der Waals surface area contributed by atoms with E-state index in [-0.39, 0.29) is 16.6 Å². The lowest BCUT2D eigenvalue weighted by Crippen LogP contribution is -2.52. The van der Waals surface area contributed by atoms with Crippen molar-refractivity contribution in [2.75, 3.05) is 13.1 Å². The molecule has 2 unspecified atom stereocenters. The summed E-state index contributed by atoms with van der Waals surface area (Å²) in [6, 6.07) is 9.11. The van der Waals surface area contributed by atoms with Gasteiger partial charge in [0.05, 0.1) is 11.2 Å². The summed E-state index contributed by atoms with van der Waals surface area (Å²) < 4.78 is 6.48. The number of hydrogen-bond donors (Lipinski definition) is 1. The summed E-state index contributed by atoms with van der Waals surface area (Å²) in [5.74, 6) is 0.531. The van der Waals surface area contributed by atoms with Crippen LogP contribution in [0, 0.1) is 12.3 Å². The molecule has 0 amide bonds. The molecule has 2 heteroatoms. The van der Waals surface area contributed by atoms with Crippen LogP contribution < -0.4 is 5.32 Å². The van der Waals surface area contributed by atoms with E-state index in [1.165, 1.54) is 17.5 Å². The van der Waals surface area contributed by atoms with Crippen LogP contribution >= 0.6 is 0 Å². The van der Waals surface area contributed by atoms with Gasteiger partial charge in [-0.3, -0.25) is 0 Å². The molecule has 1 aromatic carbocycles. The number of piperidine rings is 1. The van der Waals surface area contributed by atoms with Gasteiger partial charge < -0.3 is 10.1 Å². The minimum absolute atomic E-state index is 0.0240. The van der Waals surface area contributed by atoms with Crippen LogP contribution in [0.2, 0.25) is 0 Å². The zero-order chi connectivity index (χ0) is 15.3. The van der Waals surface area contributed by atoms with E-state index in [0.717, 1.165) is 19.5 Å². The molecule has 21 heavy (non-hydrogen) atoms. The van der Waals surface area contributed by atoms with Gasteiger partial charge in [0.25, 0.3) is 0 Å². The summed E-state index contributed by atoms with van der Waals surface area (Å²) in [6.07, 6.45) is 2.34. The Kier molecular flexibility index (Phi) is 3.46. The molecule has 0 saturated carbocycles. The maximum Gasteiger partial charge on any atom is 0.0697 e. The van der Waals surface area contributed by atoms with E-state index in [9.17, 15) is 0 Å². The average Bonchev–Trinajstić information content (AvgIpc) is 2.56. The van der Waals surface area contributed by atoms with Crippen molar-refractivity contribution in [3.63, 3.8) is 0 Å². The lowest BCUT2D eigenvalue weighted by Gasteiger charge is -2.49. The Morgan fingerprint density at radius 3 is 2.33 bits per heavy atom. The summed E-state index contributed by atoms with van der Waals surface area (Å²) in [7, 11) is 0. The Labute approximate surface area is 129 Å². The van der Waals surface area contributed by atoms with Crippen LogP contribution in [0.4, 0.5) is 0 Å². The van der Waals surface area contributed by atoms with E-state index in [1.54, 1.807) is 0 Å². The van der Waals surface area contributed by atoms with Crippen molar-refractivity contribution < 1.29 is 4.74 Å². The van der Waals surface area contributed by atoms with Gasteiger partial charge in [-0.05, 0) is 59.6 Å². The van der Waals surface area contributed by atoms with E-state index in [1.807, 2.05) is 0 Å². The van der Waals surface area contributed by atoms with Gasteiger partial charge in [0.2, 0.25) is 0 Å². The number of hydrogen-bond acceptors (Lipinski definition) is 2. The molecule has 2 aliphatic rings. The highest BCUT2D eigenvalue weighted by Gasteiger charge is 2.60. The zero-order valence-corrected chi connectivity index (χ0v) is 14.1. The predicted molar refractivity (Wildman–Crippen MR) is 87.7 cm³/mol. The first-order valence-electron chi connectivity index (χ1n) is 8.23. The third-order valence-electron chi connectivity index (χ3n) is 5.71. The molecular formula is C19H29NO. The van der Waals surface area contributed by atoms with Crippen molar-refractivity contribution in [1.82, 2.24) is 5.32 Å². The van der Waals surface area contributed by atoms with Gasteiger partial charge in [0, 0.05) is 17.9 Å². The zero-order valence-electron chi connectivity index (χ0n) is 14.1. The fraction of sp³-hybridized carbons (Fsp3) is 0.684. The molecule has 1 spiro atoms. The maximum atomic E-state index is 6.48. The summed E-state index contributed by atoms with van der Waals surface area (Å²) in [4.78, 5) is 0. The molecule has 1 aromatic rings. The van der Waals surface area contributed by atoms with Gasteiger partial charge in [0.1, 0.15) is 0 Å².